The van der Waals surface area contributed by atoms with E-state index in [4.69, 9.17) is 4.74 Å². The third kappa shape index (κ3) is 5.35. The summed E-state index contributed by atoms with van der Waals surface area (Å²) in [6, 6.07) is 5.72. The molecule has 1 N–H and O–H groups in total. The zero-order valence-electron chi connectivity index (χ0n) is 14.5. The Labute approximate surface area is 148 Å². The summed E-state index contributed by atoms with van der Waals surface area (Å²) >= 11 is 0. The largest absolute Gasteiger partial charge is 0.381 e. The quantitative estimate of drug-likeness (QED) is 0.730. The van der Waals surface area contributed by atoms with Crippen molar-refractivity contribution in [2.75, 3.05) is 26.7 Å². The Morgan fingerprint density at radius 1 is 1.20 bits per heavy atom. The zero-order chi connectivity index (χ0) is 18.4. The number of ether oxygens (including phenoxy) is 1. The molecule has 0 spiro atoms. The lowest BCUT2D eigenvalue weighted by Gasteiger charge is -2.31. The van der Waals surface area contributed by atoms with Gasteiger partial charge in [0.25, 0.3) is 0 Å². The number of sulfonamides is 1. The van der Waals surface area contributed by atoms with Crippen LogP contribution < -0.4 is 4.72 Å². The number of carbonyl (C=O) groups excluding carboxylic acids is 2. The summed E-state index contributed by atoms with van der Waals surface area (Å²) < 4.78 is 32.1. The molecular formula is C17H24N2O5S. The summed E-state index contributed by atoms with van der Waals surface area (Å²) in [5.74, 6) is -0.191. The summed E-state index contributed by atoms with van der Waals surface area (Å²) in [5.41, 5.74) is 0.452. The summed E-state index contributed by atoms with van der Waals surface area (Å²) in [7, 11) is -2.03. The van der Waals surface area contributed by atoms with Gasteiger partial charge in [0, 0.05) is 38.7 Å². The molecule has 0 atom stereocenters. The smallest absolute Gasteiger partial charge is 0.240 e. The van der Waals surface area contributed by atoms with Gasteiger partial charge >= 0.3 is 0 Å². The number of hydrogen-bond donors (Lipinski definition) is 1. The Bertz CT molecular complexity index is 707. The molecule has 0 aromatic heterocycles. The molecule has 0 unspecified atom stereocenters. The second kappa shape index (κ2) is 8.55. The fraction of sp³-hybridized carbons (Fsp3) is 0.529. The van der Waals surface area contributed by atoms with Crippen LogP contribution in [-0.4, -0.2) is 57.9 Å². The first-order valence-corrected chi connectivity index (χ1v) is 9.73. The monoisotopic (exact) mass is 368 g/mol. The van der Waals surface area contributed by atoms with Gasteiger partial charge in [-0.05, 0) is 31.9 Å². The minimum atomic E-state index is -3.69. The number of carbonyl (C=O) groups is 2. The molecule has 1 fully saturated rings. The van der Waals surface area contributed by atoms with Crippen LogP contribution in [0.1, 0.15) is 36.5 Å². The average molecular weight is 368 g/mol. The fourth-order valence-corrected chi connectivity index (χ4v) is 3.78. The molecule has 25 heavy (non-hydrogen) atoms. The first kappa shape index (κ1) is 19.6. The van der Waals surface area contributed by atoms with Crippen LogP contribution in [0.5, 0.6) is 0 Å². The highest BCUT2D eigenvalue weighted by Gasteiger charge is 2.22. The number of hydrogen-bond acceptors (Lipinski definition) is 5. The van der Waals surface area contributed by atoms with Crippen LogP contribution in [-0.2, 0) is 19.6 Å². The standard InChI is InChI=1S/C17H24N2O5S/c1-13(20)14-3-5-16(6-4-14)25(22,23)18-10-7-17(21)19-11-8-15(24-2)9-12-19/h3-6,15,18H,7-12H2,1-2H3. The van der Waals surface area contributed by atoms with E-state index in [1.807, 2.05) is 0 Å². The van der Waals surface area contributed by atoms with Crippen molar-refractivity contribution in [2.45, 2.75) is 37.2 Å². The Balaban J connectivity index is 1.83. The van der Waals surface area contributed by atoms with Crippen molar-refractivity contribution in [3.05, 3.63) is 29.8 Å². The molecule has 0 bridgehead atoms. The van der Waals surface area contributed by atoms with E-state index in [0.29, 0.717) is 18.7 Å². The zero-order valence-corrected chi connectivity index (χ0v) is 15.3. The molecule has 138 valence electrons. The molecule has 0 aliphatic carbocycles. The number of nitrogens with one attached hydrogen (secondary N) is 1. The number of methoxy groups -OCH3 is 1. The first-order valence-electron chi connectivity index (χ1n) is 8.24. The predicted molar refractivity (Wildman–Crippen MR) is 92.9 cm³/mol. The molecule has 1 aromatic rings. The van der Waals surface area contributed by atoms with Gasteiger partial charge in [0.05, 0.1) is 11.0 Å². The normalized spacial score (nSPS) is 16.0. The molecule has 1 saturated heterocycles. The van der Waals surface area contributed by atoms with Gasteiger partial charge in [-0.25, -0.2) is 13.1 Å². The second-order valence-electron chi connectivity index (χ2n) is 6.04. The number of Topliss-reactive ketones (excluding diaryl/α,β-unsaturated/α-hetero) is 1. The molecule has 8 heteroatoms. The summed E-state index contributed by atoms with van der Waals surface area (Å²) in [5, 5.41) is 0. The maximum Gasteiger partial charge on any atom is 0.240 e. The van der Waals surface area contributed by atoms with Crippen LogP contribution in [0.25, 0.3) is 0 Å². The summed E-state index contributed by atoms with van der Waals surface area (Å²) in [6.45, 7) is 2.73. The van der Waals surface area contributed by atoms with Gasteiger partial charge < -0.3 is 9.64 Å². The van der Waals surface area contributed by atoms with E-state index in [1.54, 1.807) is 12.0 Å². The Morgan fingerprint density at radius 3 is 2.32 bits per heavy atom. The maximum absolute atomic E-state index is 12.2. The van der Waals surface area contributed by atoms with Crippen LogP contribution in [0.15, 0.2) is 29.2 Å². The van der Waals surface area contributed by atoms with Crippen LogP contribution in [0.3, 0.4) is 0 Å². The minimum Gasteiger partial charge on any atom is -0.381 e. The number of likely N-dealkylation sites (tertiary alicyclic amines) is 1. The molecule has 1 amide bonds. The van der Waals surface area contributed by atoms with E-state index in [1.165, 1.54) is 31.2 Å². The Kier molecular flexibility index (Phi) is 6.69. The van der Waals surface area contributed by atoms with Gasteiger partial charge in [-0.3, -0.25) is 9.59 Å². The lowest BCUT2D eigenvalue weighted by atomic mass is 10.1. The third-order valence-electron chi connectivity index (χ3n) is 4.33. The maximum atomic E-state index is 12.2. The lowest BCUT2D eigenvalue weighted by molar-refractivity contribution is -0.133. The van der Waals surface area contributed by atoms with Gasteiger partial charge in [-0.15, -0.1) is 0 Å². The molecule has 0 saturated carbocycles. The molecule has 1 aliphatic rings. The second-order valence-corrected chi connectivity index (χ2v) is 7.81. The van der Waals surface area contributed by atoms with Crippen molar-refractivity contribution >= 4 is 21.7 Å². The molecule has 1 heterocycles. The molecule has 7 nitrogen and oxygen atoms in total. The van der Waals surface area contributed by atoms with Gasteiger partial charge in [-0.1, -0.05) is 12.1 Å². The van der Waals surface area contributed by atoms with Gasteiger partial charge in [0.15, 0.2) is 5.78 Å². The molecule has 2 rings (SSSR count). The highest BCUT2D eigenvalue weighted by molar-refractivity contribution is 7.89. The third-order valence-corrected chi connectivity index (χ3v) is 5.81. The average Bonchev–Trinajstić information content (AvgIpc) is 2.61. The fourth-order valence-electron chi connectivity index (χ4n) is 2.74. The number of benzene rings is 1. The van der Waals surface area contributed by atoms with E-state index in [0.717, 1.165) is 12.8 Å². The van der Waals surface area contributed by atoms with E-state index < -0.39 is 10.0 Å². The van der Waals surface area contributed by atoms with Crippen molar-refractivity contribution in [3.8, 4) is 0 Å². The van der Waals surface area contributed by atoms with Gasteiger partial charge in [0.1, 0.15) is 0 Å². The highest BCUT2D eigenvalue weighted by Crippen LogP contribution is 2.14. The lowest BCUT2D eigenvalue weighted by Crippen LogP contribution is -2.41. The Hall–Kier alpha value is -1.77. The number of amides is 1. The predicted octanol–water partition coefficient (Wildman–Crippen LogP) is 1.19. The number of piperidine rings is 1. The van der Waals surface area contributed by atoms with Gasteiger partial charge in [0.2, 0.25) is 15.9 Å². The highest BCUT2D eigenvalue weighted by atomic mass is 32.2. The van der Waals surface area contributed by atoms with Crippen molar-refractivity contribution < 1.29 is 22.7 Å². The molecule has 0 radical (unpaired) electrons. The number of rotatable bonds is 7. The van der Waals surface area contributed by atoms with Crippen molar-refractivity contribution in [2.24, 2.45) is 0 Å². The van der Waals surface area contributed by atoms with Crippen molar-refractivity contribution in [1.82, 2.24) is 9.62 Å². The summed E-state index contributed by atoms with van der Waals surface area (Å²) in [6.07, 6.45) is 1.91. The number of nitrogens with zero attached hydrogens (tertiary/aromatic N) is 1. The molecule has 1 aliphatic heterocycles. The van der Waals surface area contributed by atoms with Crippen LogP contribution in [0, 0.1) is 0 Å². The minimum absolute atomic E-state index is 0.0415. The molecule has 1 aromatic carbocycles. The van der Waals surface area contributed by atoms with E-state index >= 15 is 0 Å². The van der Waals surface area contributed by atoms with Crippen molar-refractivity contribution in [3.63, 3.8) is 0 Å². The van der Waals surface area contributed by atoms with E-state index in [-0.39, 0.29) is 35.7 Å². The van der Waals surface area contributed by atoms with Crippen molar-refractivity contribution in [1.29, 1.82) is 0 Å². The SMILES string of the molecule is COC1CCN(C(=O)CCNS(=O)(=O)c2ccc(C(C)=O)cc2)CC1. The molecular weight excluding hydrogens is 344 g/mol. The van der Waals surface area contributed by atoms with E-state index in [9.17, 15) is 18.0 Å². The van der Waals surface area contributed by atoms with Crippen LogP contribution in [0.2, 0.25) is 0 Å². The van der Waals surface area contributed by atoms with Crippen LogP contribution in [0.4, 0.5) is 0 Å². The first-order chi connectivity index (χ1) is 11.8. The summed E-state index contributed by atoms with van der Waals surface area (Å²) in [4.78, 5) is 25.2. The van der Waals surface area contributed by atoms with Gasteiger partial charge in [-0.2, -0.15) is 0 Å². The van der Waals surface area contributed by atoms with E-state index in [2.05, 4.69) is 4.72 Å². The van der Waals surface area contributed by atoms with Crippen LogP contribution >= 0.6 is 0 Å². The Morgan fingerprint density at radius 2 is 1.80 bits per heavy atom. The number of ketones is 1. The topological polar surface area (TPSA) is 92.8 Å².